The molecule has 4 rings (SSSR count). The second-order valence-corrected chi connectivity index (χ2v) is 6.42. The van der Waals surface area contributed by atoms with Crippen molar-refractivity contribution in [3.05, 3.63) is 76.8 Å². The van der Waals surface area contributed by atoms with Crippen molar-refractivity contribution in [2.75, 3.05) is 21.3 Å². The number of hydrogen-bond acceptors (Lipinski definition) is 6. The first-order valence-electron chi connectivity index (χ1n) is 9.08. The highest BCUT2D eigenvalue weighted by atomic mass is 16.5. The molecule has 0 saturated heterocycles. The van der Waals surface area contributed by atoms with E-state index in [4.69, 9.17) is 14.2 Å². The Morgan fingerprint density at radius 1 is 0.933 bits per heavy atom. The SMILES string of the molecule is COC(=O)c1cn(-c2ccccc2OC)cc2c(=O)n(-c3ccc(OC)cc3)nc1-2. The first-order valence-corrected chi connectivity index (χ1v) is 9.08. The highest BCUT2D eigenvalue weighted by Crippen LogP contribution is 2.28. The van der Waals surface area contributed by atoms with Crippen molar-refractivity contribution in [2.45, 2.75) is 0 Å². The Kier molecular flexibility index (Phi) is 4.97. The van der Waals surface area contributed by atoms with Gasteiger partial charge in [0.25, 0.3) is 5.56 Å². The van der Waals surface area contributed by atoms with Gasteiger partial charge in [0, 0.05) is 12.4 Å². The average molecular weight is 405 g/mol. The summed E-state index contributed by atoms with van der Waals surface area (Å²) in [7, 11) is 4.41. The molecule has 0 unspecified atom stereocenters. The normalized spacial score (nSPS) is 10.8. The number of methoxy groups -OCH3 is 3. The van der Waals surface area contributed by atoms with E-state index in [1.807, 2.05) is 18.2 Å². The van der Waals surface area contributed by atoms with Crippen LogP contribution in [-0.2, 0) is 4.74 Å². The van der Waals surface area contributed by atoms with Gasteiger partial charge in [0.1, 0.15) is 22.8 Å². The van der Waals surface area contributed by atoms with Crippen molar-refractivity contribution in [1.82, 2.24) is 14.3 Å². The highest BCUT2D eigenvalue weighted by molar-refractivity contribution is 5.96. The quantitative estimate of drug-likeness (QED) is 0.475. The molecule has 0 spiro atoms. The summed E-state index contributed by atoms with van der Waals surface area (Å²) in [6.07, 6.45) is 3.21. The summed E-state index contributed by atoms with van der Waals surface area (Å²) in [6, 6.07) is 14.2. The molecule has 8 heteroatoms. The summed E-state index contributed by atoms with van der Waals surface area (Å²) in [6.45, 7) is 0. The van der Waals surface area contributed by atoms with E-state index in [0.29, 0.717) is 22.9 Å². The fourth-order valence-electron chi connectivity index (χ4n) is 3.25. The first kappa shape index (κ1) is 19.3. The zero-order valence-corrected chi connectivity index (χ0v) is 16.7. The summed E-state index contributed by atoms with van der Waals surface area (Å²) in [5, 5.41) is 4.40. The molecule has 0 atom stereocenters. The molecule has 0 radical (unpaired) electrons. The van der Waals surface area contributed by atoms with Crippen LogP contribution in [0.4, 0.5) is 0 Å². The number of ether oxygens (including phenoxy) is 3. The second kappa shape index (κ2) is 7.75. The van der Waals surface area contributed by atoms with E-state index < -0.39 is 5.97 Å². The number of nitrogens with zero attached hydrogens (tertiary/aromatic N) is 3. The van der Waals surface area contributed by atoms with E-state index in [1.165, 1.54) is 11.8 Å². The van der Waals surface area contributed by atoms with Gasteiger partial charge in [-0.3, -0.25) is 4.79 Å². The van der Waals surface area contributed by atoms with Crippen LogP contribution in [-0.4, -0.2) is 41.6 Å². The zero-order chi connectivity index (χ0) is 21.3. The number of aromatic nitrogens is 3. The zero-order valence-electron chi connectivity index (χ0n) is 16.7. The molecule has 0 aliphatic carbocycles. The van der Waals surface area contributed by atoms with Crippen molar-refractivity contribution < 1.29 is 19.0 Å². The molecule has 0 bridgehead atoms. The molecule has 2 aromatic carbocycles. The number of rotatable bonds is 5. The minimum Gasteiger partial charge on any atom is -0.497 e. The topological polar surface area (TPSA) is 84.6 Å². The fraction of sp³-hybridized carbons (Fsp3) is 0.136. The van der Waals surface area contributed by atoms with Crippen molar-refractivity contribution in [3.63, 3.8) is 0 Å². The lowest BCUT2D eigenvalue weighted by Crippen LogP contribution is -2.15. The molecule has 8 nitrogen and oxygen atoms in total. The van der Waals surface area contributed by atoms with Crippen LogP contribution in [0.1, 0.15) is 10.4 Å². The molecule has 2 aliphatic rings. The predicted octanol–water partition coefficient (Wildman–Crippen LogP) is 2.93. The monoisotopic (exact) mass is 405 g/mol. The van der Waals surface area contributed by atoms with E-state index in [-0.39, 0.29) is 22.4 Å². The van der Waals surface area contributed by atoms with Crippen LogP contribution in [0.25, 0.3) is 22.6 Å². The van der Waals surface area contributed by atoms with Gasteiger partial charge >= 0.3 is 5.97 Å². The van der Waals surface area contributed by atoms with E-state index in [2.05, 4.69) is 5.10 Å². The van der Waals surface area contributed by atoms with Gasteiger partial charge < -0.3 is 18.8 Å². The number of fused-ring (bicyclic) bond motifs is 1. The predicted molar refractivity (Wildman–Crippen MR) is 110 cm³/mol. The maximum Gasteiger partial charge on any atom is 0.341 e. The number of benzene rings is 2. The van der Waals surface area contributed by atoms with Gasteiger partial charge in [0.2, 0.25) is 0 Å². The Hall–Kier alpha value is -4.07. The summed E-state index contributed by atoms with van der Waals surface area (Å²) in [4.78, 5) is 25.6. The Labute approximate surface area is 172 Å². The van der Waals surface area contributed by atoms with Crippen molar-refractivity contribution in [3.8, 4) is 34.1 Å². The summed E-state index contributed by atoms with van der Waals surface area (Å²) in [5.74, 6) is 0.656. The minimum atomic E-state index is -0.594. The van der Waals surface area contributed by atoms with Crippen molar-refractivity contribution >= 4 is 5.97 Å². The van der Waals surface area contributed by atoms with Crippen molar-refractivity contribution in [1.29, 1.82) is 0 Å². The number of pyridine rings is 1. The van der Waals surface area contributed by atoms with Gasteiger partial charge in [-0.15, -0.1) is 0 Å². The first-order chi connectivity index (χ1) is 14.6. The molecule has 2 aromatic rings. The molecule has 2 aliphatic heterocycles. The second-order valence-electron chi connectivity index (χ2n) is 6.42. The van der Waals surface area contributed by atoms with Gasteiger partial charge in [-0.2, -0.15) is 9.78 Å². The third-order valence-electron chi connectivity index (χ3n) is 4.76. The van der Waals surface area contributed by atoms with Gasteiger partial charge in [-0.05, 0) is 36.4 Å². The number of hydrogen-bond donors (Lipinski definition) is 0. The molecule has 0 amide bonds. The molecule has 0 aromatic heterocycles. The Balaban J connectivity index is 1.97. The lowest BCUT2D eigenvalue weighted by molar-refractivity contribution is 0.0600. The van der Waals surface area contributed by atoms with Gasteiger partial charge in [-0.1, -0.05) is 12.1 Å². The van der Waals surface area contributed by atoms with Crippen LogP contribution in [0.3, 0.4) is 0 Å². The summed E-state index contributed by atoms with van der Waals surface area (Å²) >= 11 is 0. The lowest BCUT2D eigenvalue weighted by Gasteiger charge is -2.14. The number of carbonyl (C=O) groups is 1. The molecule has 2 heterocycles. The Morgan fingerprint density at radius 2 is 1.67 bits per heavy atom. The van der Waals surface area contributed by atoms with E-state index >= 15 is 0 Å². The number of carbonyl (C=O) groups excluding carboxylic acids is 1. The van der Waals surface area contributed by atoms with Crippen LogP contribution >= 0.6 is 0 Å². The van der Waals surface area contributed by atoms with Gasteiger partial charge in [0.05, 0.1) is 38.3 Å². The van der Waals surface area contributed by atoms with E-state index in [9.17, 15) is 9.59 Å². The smallest absolute Gasteiger partial charge is 0.341 e. The molecule has 0 N–H and O–H groups in total. The average Bonchev–Trinajstić information content (AvgIpc) is 3.14. The van der Waals surface area contributed by atoms with Crippen LogP contribution in [0, 0.1) is 0 Å². The highest BCUT2D eigenvalue weighted by Gasteiger charge is 2.25. The third kappa shape index (κ3) is 3.18. The van der Waals surface area contributed by atoms with Crippen molar-refractivity contribution in [2.24, 2.45) is 0 Å². The maximum atomic E-state index is 13.2. The number of esters is 1. The standard InChI is InChI=1S/C22H19N3O5/c1-28-15-10-8-14(9-11-15)25-21(26)16-12-24(18-6-4-5-7-19(18)29-2)13-17(20(16)23-25)22(27)30-3/h4-13H,1-3H3. The Bertz CT molecular complexity index is 1240. The number of para-hydroxylation sites is 2. The van der Waals surface area contributed by atoms with Crippen LogP contribution < -0.4 is 15.0 Å². The van der Waals surface area contributed by atoms with E-state index in [0.717, 1.165) is 0 Å². The molecule has 0 saturated carbocycles. The van der Waals surface area contributed by atoms with Gasteiger partial charge in [0.15, 0.2) is 0 Å². The molecular formula is C22H19N3O5. The lowest BCUT2D eigenvalue weighted by atomic mass is 10.1. The van der Waals surface area contributed by atoms with Crippen LogP contribution in [0.15, 0.2) is 65.7 Å². The molecule has 0 fully saturated rings. The summed E-state index contributed by atoms with van der Waals surface area (Å²) < 4.78 is 18.4. The summed E-state index contributed by atoms with van der Waals surface area (Å²) in [5.41, 5.74) is 1.57. The van der Waals surface area contributed by atoms with E-state index in [1.54, 1.807) is 61.5 Å². The molecule has 152 valence electrons. The molecular weight excluding hydrogens is 386 g/mol. The Morgan fingerprint density at radius 3 is 2.33 bits per heavy atom. The molecule has 30 heavy (non-hydrogen) atoms. The van der Waals surface area contributed by atoms with Crippen LogP contribution in [0.5, 0.6) is 11.5 Å². The maximum absolute atomic E-state index is 13.2. The third-order valence-corrected chi connectivity index (χ3v) is 4.76. The minimum absolute atomic E-state index is 0.172. The fourth-order valence-corrected chi connectivity index (χ4v) is 3.25. The largest absolute Gasteiger partial charge is 0.497 e. The van der Waals surface area contributed by atoms with Crippen LogP contribution in [0.2, 0.25) is 0 Å². The van der Waals surface area contributed by atoms with Gasteiger partial charge in [-0.25, -0.2) is 4.79 Å².